The Bertz CT molecular complexity index is 540. The van der Waals surface area contributed by atoms with Gasteiger partial charge in [0.15, 0.2) is 0 Å². The Hall–Kier alpha value is -1.35. The van der Waals surface area contributed by atoms with E-state index in [1.54, 1.807) is 20.8 Å². The minimum absolute atomic E-state index is 0.136. The third-order valence-electron chi connectivity index (χ3n) is 2.30. The van der Waals surface area contributed by atoms with Crippen LogP contribution in [-0.2, 0) is 17.5 Å². The monoisotopic (exact) mass is 343 g/mol. The summed E-state index contributed by atoms with van der Waals surface area (Å²) in [6.07, 6.45) is -3.79. The zero-order valence-corrected chi connectivity index (χ0v) is 12.8. The zero-order valence-electron chi connectivity index (χ0n) is 11.9. The first-order chi connectivity index (χ1) is 9.89. The van der Waals surface area contributed by atoms with Gasteiger partial charge in [-0.2, -0.15) is 22.0 Å². The molecule has 1 rings (SSSR count). The van der Waals surface area contributed by atoms with E-state index in [1.165, 1.54) is 0 Å². The minimum Gasteiger partial charge on any atom is -0.591 e. The molecule has 0 bridgehead atoms. The second-order valence-electron chi connectivity index (χ2n) is 5.26. The fourth-order valence-electron chi connectivity index (χ4n) is 1.30. The van der Waals surface area contributed by atoms with Gasteiger partial charge >= 0.3 is 12.8 Å². The van der Waals surface area contributed by atoms with Crippen LogP contribution in [0, 0.1) is 0 Å². The number of halogens is 5. The summed E-state index contributed by atoms with van der Waals surface area (Å²) in [5.74, 6) is -0.646. The number of rotatable bonds is 4. The van der Waals surface area contributed by atoms with Gasteiger partial charge in [0.2, 0.25) is 0 Å². The summed E-state index contributed by atoms with van der Waals surface area (Å²) >= 11 is -1.68. The van der Waals surface area contributed by atoms with Crippen LogP contribution >= 0.6 is 0 Å². The molecule has 0 N–H and O–H groups in total. The molecular weight excluding hydrogens is 329 g/mol. The summed E-state index contributed by atoms with van der Waals surface area (Å²) in [4.78, 5) is 0. The molecule has 3 nitrogen and oxygen atoms in total. The summed E-state index contributed by atoms with van der Waals surface area (Å²) in [5.41, 5.74) is -1.29. The first kappa shape index (κ1) is 18.7. The average molecular weight is 343 g/mol. The van der Waals surface area contributed by atoms with Gasteiger partial charge in [-0.25, -0.2) is 0 Å². The zero-order chi connectivity index (χ0) is 17.1. The lowest BCUT2D eigenvalue weighted by Gasteiger charge is -2.17. The predicted octanol–water partition coefficient (Wildman–Crippen LogP) is 4.19. The summed E-state index contributed by atoms with van der Waals surface area (Å²) < 4.78 is 81.2. The van der Waals surface area contributed by atoms with E-state index in [2.05, 4.69) is 9.13 Å². The van der Waals surface area contributed by atoms with Crippen LogP contribution in [0.25, 0.3) is 0 Å². The van der Waals surface area contributed by atoms with Crippen LogP contribution in [0.4, 0.5) is 22.0 Å². The van der Waals surface area contributed by atoms with E-state index in [0.29, 0.717) is 12.1 Å². The van der Waals surface area contributed by atoms with E-state index in [1.807, 2.05) is 0 Å². The van der Waals surface area contributed by atoms with E-state index in [9.17, 15) is 26.5 Å². The minimum atomic E-state index is -4.73. The molecule has 0 radical (unpaired) electrons. The molecule has 0 fully saturated rings. The highest BCUT2D eigenvalue weighted by Crippen LogP contribution is 2.33. The second-order valence-corrected chi connectivity index (χ2v) is 7.20. The van der Waals surface area contributed by atoms with Crippen LogP contribution in [0.1, 0.15) is 31.9 Å². The molecule has 0 saturated carbocycles. The molecule has 0 aliphatic rings. The van der Waals surface area contributed by atoms with Crippen LogP contribution in [0.5, 0.6) is 5.75 Å². The summed E-state index contributed by atoms with van der Waals surface area (Å²) in [7, 11) is 0. The van der Waals surface area contributed by atoms with Crippen molar-refractivity contribution in [3.05, 3.63) is 29.3 Å². The van der Waals surface area contributed by atoms with Gasteiger partial charge in [-0.15, -0.1) is 0 Å². The molecule has 0 aliphatic carbocycles. The van der Waals surface area contributed by atoms with E-state index in [4.69, 9.17) is 0 Å². The highest BCUT2D eigenvalue weighted by atomic mass is 32.2. The Labute approximate surface area is 127 Å². The molecule has 0 aliphatic heterocycles. The normalized spacial score (nSPS) is 14.6. The fraction of sp³-hybridized carbons (Fsp3) is 0.462. The highest BCUT2D eigenvalue weighted by molar-refractivity contribution is 7.91. The Balaban J connectivity index is 3.15. The maximum Gasteiger partial charge on any atom is 0.416 e. The van der Waals surface area contributed by atoms with Gasteiger partial charge in [-0.1, -0.05) is 4.40 Å². The number of hydrogen-bond acceptors (Lipinski definition) is 3. The Kier molecular flexibility index (Phi) is 5.80. The molecule has 1 aromatic rings. The SMILES string of the molecule is CC(C)(C)[S+]([O-])N=Cc1cc(OC(F)F)cc(C(F)(F)F)c1. The highest BCUT2D eigenvalue weighted by Gasteiger charge is 2.32. The lowest BCUT2D eigenvalue weighted by Crippen LogP contribution is -2.25. The lowest BCUT2D eigenvalue weighted by atomic mass is 10.1. The Morgan fingerprint density at radius 1 is 1.18 bits per heavy atom. The number of alkyl halides is 5. The maximum absolute atomic E-state index is 12.7. The van der Waals surface area contributed by atoms with E-state index in [0.717, 1.165) is 12.3 Å². The van der Waals surface area contributed by atoms with Crippen LogP contribution in [-0.4, -0.2) is 22.1 Å². The molecule has 22 heavy (non-hydrogen) atoms. The van der Waals surface area contributed by atoms with Crippen LogP contribution < -0.4 is 4.74 Å². The van der Waals surface area contributed by atoms with Crippen LogP contribution in [0.3, 0.4) is 0 Å². The topological polar surface area (TPSA) is 44.7 Å². The molecule has 0 saturated heterocycles. The quantitative estimate of drug-likeness (QED) is 0.467. The summed E-state index contributed by atoms with van der Waals surface area (Å²) in [5, 5.41) is 0. The van der Waals surface area contributed by atoms with Crippen molar-refractivity contribution < 1.29 is 31.2 Å². The van der Waals surface area contributed by atoms with Gasteiger partial charge < -0.3 is 9.29 Å². The molecule has 0 aromatic heterocycles. The first-order valence-corrected chi connectivity index (χ1v) is 7.13. The standard InChI is InChI=1S/C13H14F5NO2S/c1-12(2,3)22(20)19-7-8-4-9(13(16,17)18)6-10(5-8)21-11(14)15/h4-7,11H,1-3H3. The molecule has 1 atom stereocenters. The van der Waals surface area contributed by atoms with Gasteiger partial charge in [0, 0.05) is 5.56 Å². The Morgan fingerprint density at radius 3 is 2.23 bits per heavy atom. The molecule has 9 heteroatoms. The van der Waals surface area contributed by atoms with Crippen molar-refractivity contribution >= 4 is 17.6 Å². The number of hydrogen-bond donors (Lipinski definition) is 0. The second kappa shape index (κ2) is 6.82. The van der Waals surface area contributed by atoms with Crippen LogP contribution in [0.2, 0.25) is 0 Å². The maximum atomic E-state index is 12.7. The number of nitrogens with zero attached hydrogens (tertiary/aromatic N) is 1. The molecule has 124 valence electrons. The third-order valence-corrected chi connectivity index (χ3v) is 3.65. The van der Waals surface area contributed by atoms with Crippen molar-refractivity contribution in [1.82, 2.24) is 0 Å². The van der Waals surface area contributed by atoms with E-state index in [-0.39, 0.29) is 5.56 Å². The first-order valence-electron chi connectivity index (χ1n) is 6.03. The van der Waals surface area contributed by atoms with E-state index < -0.39 is 40.2 Å². The van der Waals surface area contributed by atoms with Gasteiger partial charge in [0.25, 0.3) is 0 Å². The van der Waals surface area contributed by atoms with Crippen molar-refractivity contribution in [2.45, 2.75) is 38.3 Å². The average Bonchev–Trinajstić information content (AvgIpc) is 2.32. The van der Waals surface area contributed by atoms with Gasteiger partial charge in [0.05, 0.1) is 11.8 Å². The van der Waals surface area contributed by atoms with Gasteiger partial charge in [0.1, 0.15) is 21.9 Å². The summed E-state index contributed by atoms with van der Waals surface area (Å²) in [6.45, 7) is 1.66. The smallest absolute Gasteiger partial charge is 0.416 e. The molecule has 0 spiro atoms. The Morgan fingerprint density at radius 2 is 1.77 bits per heavy atom. The number of benzene rings is 1. The largest absolute Gasteiger partial charge is 0.591 e. The predicted molar refractivity (Wildman–Crippen MR) is 73.6 cm³/mol. The third kappa shape index (κ3) is 5.80. The van der Waals surface area contributed by atoms with Gasteiger partial charge in [-0.3, -0.25) is 0 Å². The van der Waals surface area contributed by atoms with Crippen molar-refractivity contribution in [2.24, 2.45) is 4.40 Å². The molecular formula is C13H14F5NO2S. The molecule has 1 aromatic carbocycles. The van der Waals surface area contributed by atoms with Gasteiger partial charge in [-0.05, 0) is 39.0 Å². The molecule has 0 amide bonds. The van der Waals surface area contributed by atoms with Crippen molar-refractivity contribution in [2.75, 3.05) is 0 Å². The van der Waals surface area contributed by atoms with Crippen molar-refractivity contribution in [1.29, 1.82) is 0 Å². The lowest BCUT2D eigenvalue weighted by molar-refractivity contribution is -0.138. The van der Waals surface area contributed by atoms with Crippen molar-refractivity contribution in [3.8, 4) is 5.75 Å². The van der Waals surface area contributed by atoms with Crippen LogP contribution in [0.15, 0.2) is 22.6 Å². The number of ether oxygens (including phenoxy) is 1. The van der Waals surface area contributed by atoms with Crippen molar-refractivity contribution in [3.63, 3.8) is 0 Å². The molecule has 1 unspecified atom stereocenters. The fourth-order valence-corrected chi connectivity index (χ4v) is 1.83. The van der Waals surface area contributed by atoms with E-state index >= 15 is 0 Å². The summed E-state index contributed by atoms with van der Waals surface area (Å²) in [6, 6.07) is 2.14. The molecule has 0 heterocycles.